The number of hydrogen-bond donors (Lipinski definition) is 1. The Labute approximate surface area is 101 Å². The third kappa shape index (κ3) is 1.74. The first-order valence-corrected chi connectivity index (χ1v) is 5.81. The van der Waals surface area contributed by atoms with Gasteiger partial charge in [0, 0.05) is 11.8 Å². The molecule has 0 aliphatic carbocycles. The summed E-state index contributed by atoms with van der Waals surface area (Å²) >= 11 is 1.42. The minimum atomic E-state index is -0.254. The lowest BCUT2D eigenvalue weighted by molar-refractivity contribution is 0.630. The Morgan fingerprint density at radius 1 is 1.24 bits per heavy atom. The van der Waals surface area contributed by atoms with Crippen LogP contribution in [0.1, 0.15) is 0 Å². The molecule has 0 atom stereocenters. The van der Waals surface area contributed by atoms with Crippen LogP contribution in [0.15, 0.2) is 36.7 Å². The Hall–Kier alpha value is -2.01. The van der Waals surface area contributed by atoms with Crippen molar-refractivity contribution in [1.29, 1.82) is 0 Å². The maximum Gasteiger partial charge on any atom is 0.126 e. The number of thiazole rings is 1. The number of nitrogen functional groups attached to an aromatic ring is 1. The summed E-state index contributed by atoms with van der Waals surface area (Å²) in [6.45, 7) is 0. The van der Waals surface area contributed by atoms with E-state index in [1.807, 2.05) is 6.07 Å². The molecule has 17 heavy (non-hydrogen) atoms. The van der Waals surface area contributed by atoms with E-state index in [1.165, 1.54) is 23.5 Å². The molecule has 0 radical (unpaired) electrons. The van der Waals surface area contributed by atoms with Gasteiger partial charge in [0.05, 0.1) is 22.1 Å². The molecule has 0 saturated carbocycles. The SMILES string of the molecule is Nc1cnccc1-c1nc2ccc(F)cc2s1. The second kappa shape index (κ2) is 3.78. The molecular formula is C12H8FN3S. The lowest BCUT2D eigenvalue weighted by atomic mass is 10.2. The molecule has 0 aliphatic heterocycles. The number of rotatable bonds is 1. The zero-order chi connectivity index (χ0) is 11.8. The molecule has 0 saturated heterocycles. The van der Waals surface area contributed by atoms with E-state index in [-0.39, 0.29) is 5.82 Å². The van der Waals surface area contributed by atoms with Crippen LogP contribution in [0.2, 0.25) is 0 Å². The fraction of sp³-hybridized carbons (Fsp3) is 0. The third-order valence-electron chi connectivity index (χ3n) is 2.43. The first-order valence-electron chi connectivity index (χ1n) is 5.00. The number of nitrogens with two attached hydrogens (primary N) is 1. The van der Waals surface area contributed by atoms with E-state index >= 15 is 0 Å². The molecule has 1 aromatic carbocycles. The molecule has 84 valence electrons. The zero-order valence-electron chi connectivity index (χ0n) is 8.72. The van der Waals surface area contributed by atoms with Crippen LogP contribution in [-0.4, -0.2) is 9.97 Å². The van der Waals surface area contributed by atoms with Crippen molar-refractivity contribution >= 4 is 27.2 Å². The van der Waals surface area contributed by atoms with E-state index in [9.17, 15) is 4.39 Å². The summed E-state index contributed by atoms with van der Waals surface area (Å²) in [5, 5.41) is 0.783. The number of halogens is 1. The molecular weight excluding hydrogens is 237 g/mol. The molecule has 3 rings (SSSR count). The quantitative estimate of drug-likeness (QED) is 0.716. The first kappa shape index (κ1) is 10.2. The van der Waals surface area contributed by atoms with Crippen molar-refractivity contribution < 1.29 is 4.39 Å². The third-order valence-corrected chi connectivity index (χ3v) is 3.48. The normalized spacial score (nSPS) is 10.9. The van der Waals surface area contributed by atoms with E-state index in [4.69, 9.17) is 5.73 Å². The average molecular weight is 245 g/mol. The Kier molecular flexibility index (Phi) is 2.26. The summed E-state index contributed by atoms with van der Waals surface area (Å²) in [4.78, 5) is 8.36. The van der Waals surface area contributed by atoms with Crippen molar-refractivity contribution in [2.24, 2.45) is 0 Å². The molecule has 0 fully saturated rings. The average Bonchev–Trinajstić information content (AvgIpc) is 2.72. The number of pyridine rings is 1. The van der Waals surface area contributed by atoms with Gasteiger partial charge in [0.2, 0.25) is 0 Å². The summed E-state index contributed by atoms with van der Waals surface area (Å²) in [5.74, 6) is -0.254. The van der Waals surface area contributed by atoms with Gasteiger partial charge in [0.25, 0.3) is 0 Å². The maximum absolute atomic E-state index is 13.1. The molecule has 0 spiro atoms. The smallest absolute Gasteiger partial charge is 0.126 e. The van der Waals surface area contributed by atoms with Crippen LogP contribution in [0.25, 0.3) is 20.8 Å². The van der Waals surface area contributed by atoms with Crippen LogP contribution in [0.4, 0.5) is 10.1 Å². The van der Waals surface area contributed by atoms with Crippen LogP contribution in [0.5, 0.6) is 0 Å². The fourth-order valence-corrected chi connectivity index (χ4v) is 2.65. The molecule has 5 heteroatoms. The van der Waals surface area contributed by atoms with Gasteiger partial charge in [-0.3, -0.25) is 4.98 Å². The first-order chi connectivity index (χ1) is 8.24. The van der Waals surface area contributed by atoms with Gasteiger partial charge in [-0.2, -0.15) is 0 Å². The Balaban J connectivity index is 2.22. The lowest BCUT2D eigenvalue weighted by Gasteiger charge is -1.98. The summed E-state index contributed by atoms with van der Waals surface area (Å²) in [5.41, 5.74) is 8.03. The highest BCUT2D eigenvalue weighted by Gasteiger charge is 2.09. The van der Waals surface area contributed by atoms with Crippen molar-refractivity contribution in [1.82, 2.24) is 9.97 Å². The molecule has 2 aromatic heterocycles. The standard InChI is InChI=1S/C12H8FN3S/c13-7-1-2-10-11(5-7)17-12(16-10)8-3-4-15-6-9(8)14/h1-6H,14H2. The monoisotopic (exact) mass is 245 g/mol. The largest absolute Gasteiger partial charge is 0.397 e. The molecule has 2 N–H and O–H groups in total. The van der Waals surface area contributed by atoms with Gasteiger partial charge in [-0.25, -0.2) is 9.37 Å². The predicted molar refractivity (Wildman–Crippen MR) is 67.2 cm³/mol. The molecule has 0 bridgehead atoms. The molecule has 3 nitrogen and oxygen atoms in total. The molecule has 0 unspecified atom stereocenters. The summed E-state index contributed by atoms with van der Waals surface area (Å²) in [6.07, 6.45) is 3.25. The van der Waals surface area contributed by atoms with Crippen LogP contribution in [0, 0.1) is 5.82 Å². The highest BCUT2D eigenvalue weighted by Crippen LogP contribution is 2.32. The minimum absolute atomic E-state index is 0.254. The number of aromatic nitrogens is 2. The highest BCUT2D eigenvalue weighted by molar-refractivity contribution is 7.21. The van der Waals surface area contributed by atoms with Gasteiger partial charge in [-0.05, 0) is 24.3 Å². The molecule has 0 amide bonds. The van der Waals surface area contributed by atoms with Crippen LogP contribution in [0.3, 0.4) is 0 Å². The lowest BCUT2D eigenvalue weighted by Crippen LogP contribution is -1.89. The second-order valence-corrected chi connectivity index (χ2v) is 4.62. The van der Waals surface area contributed by atoms with Crippen molar-refractivity contribution in [3.8, 4) is 10.6 Å². The zero-order valence-corrected chi connectivity index (χ0v) is 9.54. The second-order valence-electron chi connectivity index (χ2n) is 3.59. The van der Waals surface area contributed by atoms with Gasteiger partial charge in [-0.1, -0.05) is 0 Å². The van der Waals surface area contributed by atoms with Gasteiger partial charge in [-0.15, -0.1) is 11.3 Å². The van der Waals surface area contributed by atoms with Gasteiger partial charge in [0.1, 0.15) is 10.8 Å². The van der Waals surface area contributed by atoms with E-state index in [1.54, 1.807) is 18.5 Å². The summed E-state index contributed by atoms with van der Waals surface area (Å²) in [7, 11) is 0. The Morgan fingerprint density at radius 3 is 2.94 bits per heavy atom. The molecule has 2 heterocycles. The number of anilines is 1. The van der Waals surface area contributed by atoms with Crippen molar-refractivity contribution in [3.05, 3.63) is 42.5 Å². The minimum Gasteiger partial charge on any atom is -0.397 e. The topological polar surface area (TPSA) is 51.8 Å². The van der Waals surface area contributed by atoms with Gasteiger partial charge >= 0.3 is 0 Å². The summed E-state index contributed by atoms with van der Waals surface area (Å²) in [6, 6.07) is 6.36. The van der Waals surface area contributed by atoms with Crippen molar-refractivity contribution in [2.45, 2.75) is 0 Å². The van der Waals surface area contributed by atoms with E-state index in [0.717, 1.165) is 20.8 Å². The predicted octanol–water partition coefficient (Wildman–Crippen LogP) is 3.08. The number of benzene rings is 1. The number of hydrogen-bond acceptors (Lipinski definition) is 4. The number of fused-ring (bicyclic) bond motifs is 1. The van der Waals surface area contributed by atoms with E-state index in [2.05, 4.69) is 9.97 Å². The molecule has 3 aromatic rings. The van der Waals surface area contributed by atoms with E-state index in [0.29, 0.717) is 5.69 Å². The van der Waals surface area contributed by atoms with Gasteiger partial charge in [0.15, 0.2) is 0 Å². The molecule has 0 aliphatic rings. The van der Waals surface area contributed by atoms with Crippen molar-refractivity contribution in [3.63, 3.8) is 0 Å². The Bertz CT molecular complexity index is 693. The van der Waals surface area contributed by atoms with Crippen LogP contribution < -0.4 is 5.73 Å². The summed E-state index contributed by atoms with van der Waals surface area (Å²) < 4.78 is 13.9. The maximum atomic E-state index is 13.1. The van der Waals surface area contributed by atoms with Gasteiger partial charge < -0.3 is 5.73 Å². The highest BCUT2D eigenvalue weighted by atomic mass is 32.1. The fourth-order valence-electron chi connectivity index (χ4n) is 1.62. The van der Waals surface area contributed by atoms with Crippen LogP contribution in [-0.2, 0) is 0 Å². The van der Waals surface area contributed by atoms with Crippen molar-refractivity contribution in [2.75, 3.05) is 5.73 Å². The number of nitrogens with zero attached hydrogens (tertiary/aromatic N) is 2. The van der Waals surface area contributed by atoms with Crippen LogP contribution >= 0.6 is 11.3 Å². The van der Waals surface area contributed by atoms with E-state index < -0.39 is 0 Å². The Morgan fingerprint density at radius 2 is 2.12 bits per heavy atom.